The second-order valence-corrected chi connectivity index (χ2v) is 7.64. The van der Waals surface area contributed by atoms with Crippen LogP contribution in [0.2, 0.25) is 0 Å². The molecule has 1 atom stereocenters. The first kappa shape index (κ1) is 20.0. The van der Waals surface area contributed by atoms with Crippen molar-refractivity contribution in [2.75, 3.05) is 42.3 Å². The Morgan fingerprint density at radius 3 is 2.54 bits per heavy atom. The van der Waals surface area contributed by atoms with Crippen molar-refractivity contribution in [3.05, 3.63) is 54.3 Å². The molecule has 2 amide bonds. The maximum absolute atomic E-state index is 14.4. The number of likely N-dealkylation sites (N-methyl/N-ethyl adjacent to an activating group) is 1. The molecule has 3 rings (SSSR count). The average Bonchev–Trinajstić information content (AvgIpc) is 3.18. The summed E-state index contributed by atoms with van der Waals surface area (Å²) in [6.07, 6.45) is 0.908. The quantitative estimate of drug-likeness (QED) is 0.830. The highest BCUT2D eigenvalue weighted by atomic mass is 19.1. The van der Waals surface area contributed by atoms with Crippen molar-refractivity contribution < 1.29 is 9.18 Å². The largest absolute Gasteiger partial charge is 0.370 e. The van der Waals surface area contributed by atoms with E-state index in [-0.39, 0.29) is 23.9 Å². The zero-order chi connectivity index (χ0) is 20.3. The lowest BCUT2D eigenvalue weighted by Gasteiger charge is -2.27. The SMILES string of the molecule is CC(C)N(C)c1ccc(NC(=O)N2CCC(N(C)c3ccccc3)C2)cc1F. The van der Waals surface area contributed by atoms with Gasteiger partial charge in [0.15, 0.2) is 0 Å². The number of carbonyl (C=O) groups excluding carboxylic acids is 1. The van der Waals surface area contributed by atoms with E-state index < -0.39 is 0 Å². The molecule has 1 unspecified atom stereocenters. The summed E-state index contributed by atoms with van der Waals surface area (Å²) in [5.41, 5.74) is 2.14. The molecule has 0 bridgehead atoms. The smallest absolute Gasteiger partial charge is 0.321 e. The number of nitrogens with zero attached hydrogens (tertiary/aromatic N) is 3. The van der Waals surface area contributed by atoms with Crippen LogP contribution in [0.5, 0.6) is 0 Å². The van der Waals surface area contributed by atoms with E-state index in [4.69, 9.17) is 0 Å². The van der Waals surface area contributed by atoms with Gasteiger partial charge in [0, 0.05) is 50.6 Å². The van der Waals surface area contributed by atoms with Crippen LogP contribution in [-0.2, 0) is 0 Å². The summed E-state index contributed by atoms with van der Waals surface area (Å²) in [5, 5.41) is 2.83. The fourth-order valence-corrected chi connectivity index (χ4v) is 3.47. The minimum atomic E-state index is -0.336. The van der Waals surface area contributed by atoms with Crippen LogP contribution in [0.25, 0.3) is 0 Å². The van der Waals surface area contributed by atoms with Crippen LogP contribution in [0, 0.1) is 5.82 Å². The first-order chi connectivity index (χ1) is 13.4. The van der Waals surface area contributed by atoms with E-state index in [1.54, 1.807) is 17.0 Å². The first-order valence-corrected chi connectivity index (χ1v) is 9.73. The number of para-hydroxylation sites is 1. The fraction of sp³-hybridized carbons (Fsp3) is 0.409. The molecule has 0 saturated carbocycles. The zero-order valence-electron chi connectivity index (χ0n) is 17.0. The van der Waals surface area contributed by atoms with Crippen LogP contribution in [0.15, 0.2) is 48.5 Å². The topological polar surface area (TPSA) is 38.8 Å². The summed E-state index contributed by atoms with van der Waals surface area (Å²) >= 11 is 0. The molecule has 2 aromatic rings. The van der Waals surface area contributed by atoms with Gasteiger partial charge in [-0.1, -0.05) is 18.2 Å². The molecule has 1 fully saturated rings. The van der Waals surface area contributed by atoms with E-state index >= 15 is 0 Å². The Balaban J connectivity index is 1.60. The molecular formula is C22H29FN4O. The van der Waals surface area contributed by atoms with E-state index in [0.29, 0.717) is 24.5 Å². The molecule has 0 radical (unpaired) electrons. The zero-order valence-corrected chi connectivity index (χ0v) is 17.0. The van der Waals surface area contributed by atoms with Gasteiger partial charge in [0.25, 0.3) is 0 Å². The molecule has 1 aliphatic rings. The van der Waals surface area contributed by atoms with Gasteiger partial charge in [0.1, 0.15) is 5.82 Å². The highest BCUT2D eigenvalue weighted by molar-refractivity contribution is 5.89. The number of benzene rings is 2. The fourth-order valence-electron chi connectivity index (χ4n) is 3.47. The van der Waals surface area contributed by atoms with Gasteiger partial charge in [-0.25, -0.2) is 9.18 Å². The number of nitrogens with one attached hydrogen (secondary N) is 1. The standard InChI is InChI=1S/C22H29FN4O/c1-16(2)25(3)21-11-10-17(14-20(21)23)24-22(28)27-13-12-19(15-27)26(4)18-8-6-5-7-9-18/h5-11,14,16,19H,12-13,15H2,1-4H3,(H,24,28). The van der Waals surface area contributed by atoms with Crippen LogP contribution in [0.1, 0.15) is 20.3 Å². The van der Waals surface area contributed by atoms with E-state index in [9.17, 15) is 9.18 Å². The third-order valence-electron chi connectivity index (χ3n) is 5.52. The minimum Gasteiger partial charge on any atom is -0.370 e. The van der Waals surface area contributed by atoms with Crippen LogP contribution in [0.3, 0.4) is 0 Å². The van der Waals surface area contributed by atoms with Gasteiger partial charge in [-0.2, -0.15) is 0 Å². The van der Waals surface area contributed by atoms with Gasteiger partial charge < -0.3 is 20.0 Å². The van der Waals surface area contributed by atoms with Crippen molar-refractivity contribution in [1.29, 1.82) is 0 Å². The van der Waals surface area contributed by atoms with Gasteiger partial charge in [-0.3, -0.25) is 0 Å². The average molecular weight is 384 g/mol. The first-order valence-electron chi connectivity index (χ1n) is 9.73. The molecule has 5 nitrogen and oxygen atoms in total. The summed E-state index contributed by atoms with van der Waals surface area (Å²) in [5.74, 6) is -0.336. The predicted octanol–water partition coefficient (Wildman–Crippen LogP) is 4.41. The Kier molecular flexibility index (Phi) is 6.07. The van der Waals surface area contributed by atoms with E-state index in [0.717, 1.165) is 12.1 Å². The van der Waals surface area contributed by atoms with Crippen LogP contribution in [0.4, 0.5) is 26.2 Å². The molecule has 1 N–H and O–H groups in total. The lowest BCUT2D eigenvalue weighted by Crippen LogP contribution is -2.38. The number of rotatable bonds is 5. The van der Waals surface area contributed by atoms with Gasteiger partial charge in [-0.05, 0) is 50.6 Å². The third-order valence-corrected chi connectivity index (χ3v) is 5.52. The van der Waals surface area contributed by atoms with E-state index in [1.807, 2.05) is 44.0 Å². The Morgan fingerprint density at radius 2 is 1.89 bits per heavy atom. The lowest BCUT2D eigenvalue weighted by molar-refractivity contribution is 0.222. The molecule has 28 heavy (non-hydrogen) atoms. The number of halogens is 1. The molecule has 0 spiro atoms. The second kappa shape index (κ2) is 8.50. The summed E-state index contributed by atoms with van der Waals surface area (Å²) < 4.78 is 14.4. The van der Waals surface area contributed by atoms with Gasteiger partial charge in [-0.15, -0.1) is 0 Å². The van der Waals surface area contributed by atoms with Crippen molar-refractivity contribution in [3.63, 3.8) is 0 Å². The minimum absolute atomic E-state index is 0.187. The molecule has 6 heteroatoms. The van der Waals surface area contributed by atoms with Crippen molar-refractivity contribution in [2.45, 2.75) is 32.4 Å². The predicted molar refractivity (Wildman–Crippen MR) is 114 cm³/mol. The molecular weight excluding hydrogens is 355 g/mol. The van der Waals surface area contributed by atoms with E-state index in [1.165, 1.54) is 6.07 Å². The summed E-state index contributed by atoms with van der Waals surface area (Å²) in [6, 6.07) is 15.3. The maximum Gasteiger partial charge on any atom is 0.321 e. The van der Waals surface area contributed by atoms with Crippen LogP contribution < -0.4 is 15.1 Å². The number of carbonyl (C=O) groups is 1. The molecule has 0 aliphatic carbocycles. The molecule has 150 valence electrons. The van der Waals surface area contributed by atoms with Gasteiger partial charge in [0.2, 0.25) is 0 Å². The molecule has 1 saturated heterocycles. The van der Waals surface area contributed by atoms with Crippen molar-refractivity contribution in [2.24, 2.45) is 0 Å². The van der Waals surface area contributed by atoms with Gasteiger partial charge in [0.05, 0.1) is 5.69 Å². The highest BCUT2D eigenvalue weighted by Gasteiger charge is 2.29. The van der Waals surface area contributed by atoms with Crippen LogP contribution in [-0.4, -0.2) is 50.2 Å². The van der Waals surface area contributed by atoms with Gasteiger partial charge >= 0.3 is 6.03 Å². The number of amides is 2. The number of anilines is 3. The Labute approximate surface area is 166 Å². The number of likely N-dealkylation sites (tertiary alicyclic amines) is 1. The normalized spacial score (nSPS) is 16.4. The van der Waals surface area contributed by atoms with Crippen molar-refractivity contribution in [1.82, 2.24) is 4.90 Å². The lowest BCUT2D eigenvalue weighted by atomic mass is 10.2. The summed E-state index contributed by atoms with van der Waals surface area (Å²) in [4.78, 5) is 18.5. The molecule has 0 aromatic heterocycles. The molecule has 2 aromatic carbocycles. The third kappa shape index (κ3) is 4.38. The molecule has 1 aliphatic heterocycles. The monoisotopic (exact) mass is 384 g/mol. The second-order valence-electron chi connectivity index (χ2n) is 7.64. The number of hydrogen-bond acceptors (Lipinski definition) is 3. The summed E-state index contributed by atoms with van der Waals surface area (Å²) in [7, 11) is 3.91. The number of hydrogen-bond donors (Lipinski definition) is 1. The van der Waals surface area contributed by atoms with Crippen molar-refractivity contribution >= 4 is 23.1 Å². The number of urea groups is 1. The van der Waals surface area contributed by atoms with Crippen molar-refractivity contribution in [3.8, 4) is 0 Å². The van der Waals surface area contributed by atoms with Crippen LogP contribution >= 0.6 is 0 Å². The Bertz CT molecular complexity index is 811. The highest BCUT2D eigenvalue weighted by Crippen LogP contribution is 2.25. The maximum atomic E-state index is 14.4. The Hall–Kier alpha value is -2.76. The Morgan fingerprint density at radius 1 is 1.18 bits per heavy atom. The summed E-state index contributed by atoms with van der Waals surface area (Å²) in [6.45, 7) is 5.34. The van der Waals surface area contributed by atoms with E-state index in [2.05, 4.69) is 29.4 Å². The molecule has 1 heterocycles.